The lowest BCUT2D eigenvalue weighted by atomic mass is 10.0. The van der Waals surface area contributed by atoms with Crippen LogP contribution >= 0.6 is 0 Å². The zero-order chi connectivity index (χ0) is 13.1. The Balaban J connectivity index is 2.49. The number of nitrogens with zero attached hydrogens (tertiary/aromatic N) is 1. The van der Waals surface area contributed by atoms with Crippen LogP contribution in [0.25, 0.3) is 11.1 Å². The third kappa shape index (κ3) is 2.29. The van der Waals surface area contributed by atoms with Crippen molar-refractivity contribution in [1.29, 1.82) is 0 Å². The number of ether oxygens (including phenoxy) is 1. The highest BCUT2D eigenvalue weighted by molar-refractivity contribution is 5.91. The Bertz CT molecular complexity index is 582. The van der Waals surface area contributed by atoms with Crippen LogP contribution in [0.1, 0.15) is 10.4 Å². The molecule has 0 aliphatic carbocycles. The maximum atomic E-state index is 13.7. The predicted molar refractivity (Wildman–Crippen MR) is 65.4 cm³/mol. The van der Waals surface area contributed by atoms with E-state index < -0.39 is 11.8 Å². The summed E-state index contributed by atoms with van der Waals surface area (Å²) in [4.78, 5) is 15.3. The molecule has 0 bridgehead atoms. The molecule has 5 heteroatoms. The molecule has 2 N–H and O–H groups in total. The second-order valence-electron chi connectivity index (χ2n) is 3.66. The van der Waals surface area contributed by atoms with Crippen molar-refractivity contribution in [3.05, 3.63) is 47.9 Å². The zero-order valence-electron chi connectivity index (χ0n) is 9.68. The fourth-order valence-electron chi connectivity index (χ4n) is 1.56. The fraction of sp³-hybridized carbons (Fsp3) is 0.0769. The average molecular weight is 246 g/mol. The van der Waals surface area contributed by atoms with Crippen LogP contribution in [0.4, 0.5) is 10.2 Å². The molecule has 1 aromatic carbocycles. The Morgan fingerprint density at radius 2 is 2.11 bits per heavy atom. The Morgan fingerprint density at radius 3 is 2.72 bits per heavy atom. The number of hydrogen-bond acceptors (Lipinski definition) is 4. The summed E-state index contributed by atoms with van der Waals surface area (Å²) >= 11 is 0. The number of rotatable bonds is 2. The molecule has 2 aromatic rings. The molecule has 92 valence electrons. The molecule has 0 unspecified atom stereocenters. The van der Waals surface area contributed by atoms with E-state index in [1.165, 1.54) is 31.5 Å². The SMILES string of the molecule is COC(=O)c1ccc(F)c(-c2ccc(N)nc2)c1. The van der Waals surface area contributed by atoms with E-state index in [9.17, 15) is 9.18 Å². The third-order valence-electron chi connectivity index (χ3n) is 2.48. The van der Waals surface area contributed by atoms with Crippen molar-refractivity contribution in [3.63, 3.8) is 0 Å². The number of hydrogen-bond donors (Lipinski definition) is 1. The molecular weight excluding hydrogens is 235 g/mol. The van der Waals surface area contributed by atoms with Gasteiger partial charge >= 0.3 is 5.97 Å². The summed E-state index contributed by atoms with van der Waals surface area (Å²) in [7, 11) is 1.27. The van der Waals surface area contributed by atoms with Crippen molar-refractivity contribution in [2.75, 3.05) is 12.8 Å². The lowest BCUT2D eigenvalue weighted by Crippen LogP contribution is -2.02. The van der Waals surface area contributed by atoms with Gasteiger partial charge in [0.15, 0.2) is 0 Å². The van der Waals surface area contributed by atoms with Crippen LogP contribution in [0.15, 0.2) is 36.5 Å². The Kier molecular flexibility index (Phi) is 3.23. The van der Waals surface area contributed by atoms with Gasteiger partial charge in [0.05, 0.1) is 12.7 Å². The molecule has 1 aromatic heterocycles. The van der Waals surface area contributed by atoms with Crippen LogP contribution in [0.2, 0.25) is 0 Å². The highest BCUT2D eigenvalue weighted by atomic mass is 19.1. The number of anilines is 1. The number of halogens is 1. The van der Waals surface area contributed by atoms with Crippen LogP contribution in [0.5, 0.6) is 0 Å². The predicted octanol–water partition coefficient (Wildman–Crippen LogP) is 2.26. The molecule has 0 atom stereocenters. The first-order valence-electron chi connectivity index (χ1n) is 5.21. The third-order valence-corrected chi connectivity index (χ3v) is 2.48. The Hall–Kier alpha value is -2.43. The minimum atomic E-state index is -0.514. The van der Waals surface area contributed by atoms with Crippen LogP contribution in [-0.4, -0.2) is 18.1 Å². The summed E-state index contributed by atoms with van der Waals surface area (Å²) in [5.74, 6) is -0.600. The Labute approximate surface area is 103 Å². The summed E-state index contributed by atoms with van der Waals surface area (Å²) in [5, 5.41) is 0. The topological polar surface area (TPSA) is 65.2 Å². The average Bonchev–Trinajstić information content (AvgIpc) is 2.39. The number of benzene rings is 1. The van der Waals surface area contributed by atoms with Gasteiger partial charge in [-0.1, -0.05) is 0 Å². The smallest absolute Gasteiger partial charge is 0.337 e. The normalized spacial score (nSPS) is 10.1. The van der Waals surface area contributed by atoms with E-state index in [0.717, 1.165) is 0 Å². The highest BCUT2D eigenvalue weighted by Crippen LogP contribution is 2.24. The van der Waals surface area contributed by atoms with E-state index in [0.29, 0.717) is 11.4 Å². The molecule has 0 saturated carbocycles. The van der Waals surface area contributed by atoms with Gasteiger partial charge in [-0.2, -0.15) is 0 Å². The summed E-state index contributed by atoms with van der Waals surface area (Å²) in [6, 6.07) is 7.23. The number of methoxy groups -OCH3 is 1. The number of carbonyl (C=O) groups is 1. The molecule has 2 rings (SSSR count). The first-order valence-corrected chi connectivity index (χ1v) is 5.21. The van der Waals surface area contributed by atoms with E-state index in [4.69, 9.17) is 5.73 Å². The first kappa shape index (κ1) is 12.0. The first-order chi connectivity index (χ1) is 8.61. The van der Waals surface area contributed by atoms with Gasteiger partial charge in [-0.15, -0.1) is 0 Å². The number of pyridine rings is 1. The van der Waals surface area contributed by atoms with Gasteiger partial charge in [0.25, 0.3) is 0 Å². The van der Waals surface area contributed by atoms with Gasteiger partial charge in [0.2, 0.25) is 0 Å². The molecule has 0 spiro atoms. The van der Waals surface area contributed by atoms with Crippen molar-refractivity contribution >= 4 is 11.8 Å². The van der Waals surface area contributed by atoms with Crippen molar-refractivity contribution in [2.24, 2.45) is 0 Å². The van der Waals surface area contributed by atoms with E-state index in [2.05, 4.69) is 9.72 Å². The maximum Gasteiger partial charge on any atom is 0.337 e. The van der Waals surface area contributed by atoms with Crippen LogP contribution in [-0.2, 0) is 4.74 Å². The number of nitrogen functional groups attached to an aromatic ring is 1. The van der Waals surface area contributed by atoms with Crippen molar-refractivity contribution in [3.8, 4) is 11.1 Å². The number of carbonyl (C=O) groups excluding carboxylic acids is 1. The van der Waals surface area contributed by atoms with Crippen LogP contribution in [0, 0.1) is 5.82 Å². The van der Waals surface area contributed by atoms with E-state index >= 15 is 0 Å². The van der Waals surface area contributed by atoms with Gasteiger partial charge in [0.1, 0.15) is 11.6 Å². The summed E-state index contributed by atoms with van der Waals surface area (Å²) in [6.07, 6.45) is 1.45. The molecule has 18 heavy (non-hydrogen) atoms. The van der Waals surface area contributed by atoms with Crippen molar-refractivity contribution in [1.82, 2.24) is 4.98 Å². The molecule has 0 fully saturated rings. The van der Waals surface area contributed by atoms with Crippen molar-refractivity contribution in [2.45, 2.75) is 0 Å². The van der Waals surface area contributed by atoms with E-state index in [1.54, 1.807) is 12.1 Å². The lowest BCUT2D eigenvalue weighted by molar-refractivity contribution is 0.0600. The lowest BCUT2D eigenvalue weighted by Gasteiger charge is -2.06. The molecule has 0 saturated heterocycles. The second kappa shape index (κ2) is 4.83. The quantitative estimate of drug-likeness (QED) is 0.825. The fourth-order valence-corrected chi connectivity index (χ4v) is 1.56. The monoisotopic (exact) mass is 246 g/mol. The summed E-state index contributed by atoms with van der Waals surface area (Å²) in [6.45, 7) is 0. The number of aromatic nitrogens is 1. The molecule has 0 radical (unpaired) electrons. The molecular formula is C13H11FN2O2. The minimum absolute atomic E-state index is 0.283. The maximum absolute atomic E-state index is 13.7. The van der Waals surface area contributed by atoms with Gasteiger partial charge in [-0.25, -0.2) is 14.2 Å². The van der Waals surface area contributed by atoms with Gasteiger partial charge in [0, 0.05) is 17.3 Å². The summed E-state index contributed by atoms with van der Waals surface area (Å²) < 4.78 is 18.3. The molecule has 1 heterocycles. The van der Waals surface area contributed by atoms with Gasteiger partial charge in [-0.05, 0) is 30.3 Å². The zero-order valence-corrected chi connectivity index (χ0v) is 9.68. The largest absolute Gasteiger partial charge is 0.465 e. The van der Waals surface area contributed by atoms with Crippen LogP contribution < -0.4 is 5.73 Å². The standard InChI is InChI=1S/C13H11FN2O2/c1-18-13(17)8-2-4-11(14)10(6-8)9-3-5-12(15)16-7-9/h2-7H,1H3,(H2,15,16). The highest BCUT2D eigenvalue weighted by Gasteiger charge is 2.11. The van der Waals surface area contributed by atoms with Crippen molar-refractivity contribution < 1.29 is 13.9 Å². The van der Waals surface area contributed by atoms with Crippen LogP contribution in [0.3, 0.4) is 0 Å². The molecule has 4 nitrogen and oxygen atoms in total. The van der Waals surface area contributed by atoms with Gasteiger partial charge < -0.3 is 10.5 Å². The summed E-state index contributed by atoms with van der Waals surface area (Å²) in [5.41, 5.74) is 6.58. The minimum Gasteiger partial charge on any atom is -0.465 e. The molecule has 0 amide bonds. The second-order valence-corrected chi connectivity index (χ2v) is 3.66. The molecule has 0 aliphatic heterocycles. The Morgan fingerprint density at radius 1 is 1.33 bits per heavy atom. The number of esters is 1. The van der Waals surface area contributed by atoms with E-state index in [-0.39, 0.29) is 11.1 Å². The number of nitrogens with two attached hydrogens (primary N) is 1. The van der Waals surface area contributed by atoms with E-state index in [1.807, 2.05) is 0 Å². The van der Waals surface area contributed by atoms with Gasteiger partial charge in [-0.3, -0.25) is 0 Å². The molecule has 0 aliphatic rings.